The molecule has 7 heteroatoms. The van der Waals surface area contributed by atoms with Gasteiger partial charge in [-0.1, -0.05) is 11.6 Å². The first-order valence-corrected chi connectivity index (χ1v) is 6.27. The molecule has 1 aliphatic rings. The van der Waals surface area contributed by atoms with Crippen LogP contribution in [0.2, 0.25) is 5.02 Å². The molecule has 2 rings (SSSR count). The molecule has 6 nitrogen and oxygen atoms in total. The number of carbonyl (C=O) groups is 1. The first-order valence-electron chi connectivity index (χ1n) is 5.89. The second-order valence-electron chi connectivity index (χ2n) is 4.20. The monoisotopic (exact) mass is 284 g/mol. The number of carbonyl (C=O) groups excluding carboxylic acids is 1. The molecule has 0 unspecified atom stereocenters. The molecule has 3 N–H and O–H groups in total. The van der Waals surface area contributed by atoms with Gasteiger partial charge < -0.3 is 4.74 Å². The van der Waals surface area contributed by atoms with Crippen molar-refractivity contribution in [3.63, 3.8) is 0 Å². The zero-order valence-electron chi connectivity index (χ0n) is 11.1. The van der Waals surface area contributed by atoms with Crippen LogP contribution in [-0.2, 0) is 0 Å². The summed E-state index contributed by atoms with van der Waals surface area (Å²) < 4.78 is 5.93. The number of hydrogen-bond acceptors (Lipinski definition) is 6. The van der Waals surface area contributed by atoms with Crippen LogP contribution >= 0.6 is 11.6 Å². The van der Waals surface area contributed by atoms with Crippen LogP contribution in [-0.4, -0.2) is 39.8 Å². The number of hydrazine groups is 1. The van der Waals surface area contributed by atoms with E-state index in [0.717, 1.165) is 12.0 Å². The lowest BCUT2D eigenvalue weighted by Crippen LogP contribution is -2.68. The van der Waals surface area contributed by atoms with Crippen molar-refractivity contribution in [1.82, 2.24) is 16.1 Å². The van der Waals surface area contributed by atoms with Gasteiger partial charge in [0.1, 0.15) is 6.54 Å². The highest BCUT2D eigenvalue weighted by atomic mass is 35.5. The van der Waals surface area contributed by atoms with Crippen LogP contribution in [0.3, 0.4) is 0 Å². The predicted molar refractivity (Wildman–Crippen MR) is 74.7 cm³/mol. The fraction of sp³-hybridized carbons (Fsp3) is 0.417. The third-order valence-corrected chi connectivity index (χ3v) is 3.43. The van der Waals surface area contributed by atoms with Crippen LogP contribution in [0.25, 0.3) is 0 Å². The van der Waals surface area contributed by atoms with E-state index in [9.17, 15) is 4.79 Å². The van der Waals surface area contributed by atoms with Gasteiger partial charge in [0.25, 0.3) is 0 Å². The van der Waals surface area contributed by atoms with Crippen LogP contribution in [0.15, 0.2) is 12.1 Å². The Morgan fingerprint density at radius 1 is 1.37 bits per heavy atom. The first-order chi connectivity index (χ1) is 9.09. The molecule has 0 aliphatic carbocycles. The number of fused-ring (bicyclic) bond motifs is 1. The van der Waals surface area contributed by atoms with Crippen molar-refractivity contribution in [2.75, 3.05) is 32.7 Å². The molecule has 104 valence electrons. The number of aldehydes is 1. The van der Waals surface area contributed by atoms with E-state index in [1.807, 2.05) is 5.01 Å². The van der Waals surface area contributed by atoms with Crippen LogP contribution in [0.5, 0.6) is 5.75 Å². The van der Waals surface area contributed by atoms with Crippen LogP contribution < -0.4 is 25.8 Å². The maximum absolute atomic E-state index is 11.2. The number of anilines is 1. The molecule has 0 radical (unpaired) electrons. The highest BCUT2D eigenvalue weighted by molar-refractivity contribution is 6.31. The van der Waals surface area contributed by atoms with Gasteiger partial charge in [-0.2, -0.15) is 0 Å². The quantitative estimate of drug-likeness (QED) is 0.555. The number of rotatable bonds is 4. The van der Waals surface area contributed by atoms with Crippen molar-refractivity contribution < 1.29 is 9.53 Å². The number of benzene rings is 1. The molecule has 0 aromatic heterocycles. The summed E-state index contributed by atoms with van der Waals surface area (Å²) in [5.41, 5.74) is 4.21. The largest absolute Gasteiger partial charge is 0.455 e. The van der Waals surface area contributed by atoms with Gasteiger partial charge in [0, 0.05) is 12.1 Å². The third-order valence-electron chi connectivity index (χ3n) is 3.22. The Balaban J connectivity index is 2.57. The Hall–Kier alpha value is -1.34. The van der Waals surface area contributed by atoms with E-state index in [1.54, 1.807) is 33.3 Å². The molecule has 19 heavy (non-hydrogen) atoms. The van der Waals surface area contributed by atoms with E-state index in [1.165, 1.54) is 0 Å². The number of nitrogens with zero attached hydrogens (tertiary/aromatic N) is 1. The van der Waals surface area contributed by atoms with E-state index in [2.05, 4.69) is 16.1 Å². The fourth-order valence-corrected chi connectivity index (χ4v) is 2.32. The van der Waals surface area contributed by atoms with Gasteiger partial charge in [0.15, 0.2) is 12.0 Å². The second-order valence-corrected chi connectivity index (χ2v) is 4.64. The van der Waals surface area contributed by atoms with Gasteiger partial charge in [-0.15, -0.1) is 0 Å². The molecule has 1 aromatic carbocycles. The summed E-state index contributed by atoms with van der Waals surface area (Å²) in [6.07, 6.45) is 0.736. The minimum atomic E-state index is -0.776. The second kappa shape index (κ2) is 5.34. The minimum absolute atomic E-state index is 0.414. The van der Waals surface area contributed by atoms with E-state index < -0.39 is 5.85 Å². The lowest BCUT2D eigenvalue weighted by atomic mass is 10.1. The first kappa shape index (κ1) is 14.1. The molecular weight excluding hydrogens is 268 g/mol. The summed E-state index contributed by atoms with van der Waals surface area (Å²) in [7, 11) is 5.37. The van der Waals surface area contributed by atoms with E-state index in [4.69, 9.17) is 16.3 Å². The highest BCUT2D eigenvalue weighted by Gasteiger charge is 2.38. The summed E-state index contributed by atoms with van der Waals surface area (Å²) in [5, 5.41) is 8.51. The van der Waals surface area contributed by atoms with Crippen LogP contribution in [0, 0.1) is 0 Å². The van der Waals surface area contributed by atoms with Gasteiger partial charge >= 0.3 is 0 Å². The van der Waals surface area contributed by atoms with Gasteiger partial charge in [-0.3, -0.25) is 20.4 Å². The third kappa shape index (κ3) is 2.40. The lowest BCUT2D eigenvalue weighted by Gasteiger charge is -2.43. The molecule has 0 atom stereocenters. The molecule has 0 saturated carbocycles. The van der Waals surface area contributed by atoms with E-state index in [-0.39, 0.29) is 0 Å². The molecule has 0 amide bonds. The molecule has 0 fully saturated rings. The summed E-state index contributed by atoms with van der Waals surface area (Å²) in [4.78, 5) is 11.2. The van der Waals surface area contributed by atoms with Crippen LogP contribution in [0.4, 0.5) is 5.69 Å². The fourth-order valence-electron chi connectivity index (χ4n) is 2.10. The topological polar surface area (TPSA) is 65.6 Å². The number of hydrogen-bond donors (Lipinski definition) is 3. The van der Waals surface area contributed by atoms with Crippen molar-refractivity contribution in [3.05, 3.63) is 22.7 Å². The Kier molecular flexibility index (Phi) is 3.96. The van der Waals surface area contributed by atoms with Crippen molar-refractivity contribution >= 4 is 23.6 Å². The van der Waals surface area contributed by atoms with Crippen molar-refractivity contribution in [3.8, 4) is 5.75 Å². The summed E-state index contributed by atoms with van der Waals surface area (Å²) in [6, 6.07) is 3.35. The van der Waals surface area contributed by atoms with Crippen molar-refractivity contribution in [2.24, 2.45) is 0 Å². The molecule has 0 spiro atoms. The molecular formula is C12H17ClN4O2. The molecule has 1 aliphatic heterocycles. The number of nitrogens with one attached hydrogen (secondary N) is 3. The van der Waals surface area contributed by atoms with Crippen molar-refractivity contribution in [2.45, 2.75) is 5.85 Å². The summed E-state index contributed by atoms with van der Waals surface area (Å²) >= 11 is 6.02. The Morgan fingerprint density at radius 3 is 2.58 bits per heavy atom. The zero-order chi connectivity index (χ0) is 14.0. The maximum atomic E-state index is 11.2. The Bertz CT molecular complexity index is 491. The average molecular weight is 285 g/mol. The van der Waals surface area contributed by atoms with Gasteiger partial charge in [-0.25, -0.2) is 5.43 Å². The van der Waals surface area contributed by atoms with E-state index in [0.29, 0.717) is 22.9 Å². The summed E-state index contributed by atoms with van der Waals surface area (Å²) in [5.74, 6) is -0.287. The molecule has 1 heterocycles. The standard InChI is InChI=1S/C12H17ClN4O2/c1-14-12(15-2)7-17(16-3)10-5-9(13)4-8(6-18)11(10)19-12/h4-6,14-16H,7H2,1-3H3. The summed E-state index contributed by atoms with van der Waals surface area (Å²) in [6.45, 7) is 0.502. The van der Waals surface area contributed by atoms with Crippen molar-refractivity contribution in [1.29, 1.82) is 0 Å². The number of likely N-dealkylation sites (N-methyl/N-ethyl adjacent to an activating group) is 2. The Labute approximate surface area is 117 Å². The minimum Gasteiger partial charge on any atom is -0.455 e. The van der Waals surface area contributed by atoms with E-state index >= 15 is 0 Å². The molecule has 0 saturated heterocycles. The SMILES string of the molecule is CNN1CC(NC)(NC)Oc2c(C=O)cc(Cl)cc21. The Morgan fingerprint density at radius 2 is 2.05 bits per heavy atom. The smallest absolute Gasteiger partial charge is 0.236 e. The predicted octanol–water partition coefficient (Wildman–Crippen LogP) is 0.578. The number of halogens is 1. The van der Waals surface area contributed by atoms with Crippen LogP contribution in [0.1, 0.15) is 10.4 Å². The molecule has 0 bridgehead atoms. The lowest BCUT2D eigenvalue weighted by molar-refractivity contribution is 0.00915. The number of ether oxygens (including phenoxy) is 1. The van der Waals surface area contributed by atoms with Gasteiger partial charge in [0.2, 0.25) is 5.85 Å². The highest BCUT2D eigenvalue weighted by Crippen LogP contribution is 2.39. The molecule has 1 aromatic rings. The van der Waals surface area contributed by atoms with Gasteiger partial charge in [0.05, 0.1) is 11.3 Å². The normalized spacial score (nSPS) is 16.7. The van der Waals surface area contributed by atoms with Gasteiger partial charge in [-0.05, 0) is 26.2 Å². The average Bonchev–Trinajstić information content (AvgIpc) is 2.45. The zero-order valence-corrected chi connectivity index (χ0v) is 11.8. The maximum Gasteiger partial charge on any atom is 0.236 e.